The molecule has 0 saturated carbocycles. The first kappa shape index (κ1) is 21.4. The van der Waals surface area contributed by atoms with Crippen LogP contribution in [-0.2, 0) is 4.79 Å². The lowest BCUT2D eigenvalue weighted by molar-refractivity contribution is -0.113. The zero-order valence-electron chi connectivity index (χ0n) is 18.0. The van der Waals surface area contributed by atoms with E-state index in [1.807, 2.05) is 49.4 Å². The van der Waals surface area contributed by atoms with Crippen LogP contribution in [0.15, 0.2) is 42.5 Å². The van der Waals surface area contributed by atoms with Crippen molar-refractivity contribution in [3.05, 3.63) is 59.3 Å². The number of carbonyl (C=O) groups is 1. The second-order valence-electron chi connectivity index (χ2n) is 7.37. The fourth-order valence-electron chi connectivity index (χ4n) is 3.82. The minimum Gasteiger partial charge on any atom is -0.493 e. The number of aromatic nitrogens is 3. The van der Waals surface area contributed by atoms with Crippen LogP contribution in [0.3, 0.4) is 0 Å². The molecule has 33 heavy (non-hydrogen) atoms. The van der Waals surface area contributed by atoms with Gasteiger partial charge in [-0.05, 0) is 36.8 Å². The lowest BCUT2D eigenvalue weighted by Crippen LogP contribution is -2.15. The molecule has 4 aromatic rings. The number of ether oxygens (including phenoxy) is 2. The Morgan fingerprint density at radius 1 is 1.27 bits per heavy atom. The molecule has 0 saturated heterocycles. The molecule has 0 bridgehead atoms. The predicted octanol–water partition coefficient (Wildman–Crippen LogP) is 4.59. The molecular weight excluding hydrogens is 456 g/mol. The number of para-hydroxylation sites is 1. The summed E-state index contributed by atoms with van der Waals surface area (Å²) in [6, 6.07) is 13.7. The first-order chi connectivity index (χ1) is 16.1. The molecule has 1 amide bonds. The van der Waals surface area contributed by atoms with Gasteiger partial charge < -0.3 is 14.8 Å². The molecule has 2 aromatic carbocycles. The molecule has 1 N–H and O–H groups in total. The number of nitrogens with one attached hydrogen (secondary N) is 1. The highest BCUT2D eigenvalue weighted by molar-refractivity contribution is 8.00. The smallest absolute Gasteiger partial charge is 0.235 e. The zero-order valence-corrected chi connectivity index (χ0v) is 19.6. The largest absolute Gasteiger partial charge is 0.493 e. The van der Waals surface area contributed by atoms with Crippen molar-refractivity contribution >= 4 is 45.0 Å². The molecule has 9 heteroatoms. The Hall–Kier alpha value is -3.48. The van der Waals surface area contributed by atoms with Gasteiger partial charge in [-0.3, -0.25) is 4.79 Å². The Morgan fingerprint density at radius 3 is 2.91 bits per heavy atom. The number of aryl methyl sites for hydroxylation is 1. The fourth-order valence-corrected chi connectivity index (χ4v) is 5.92. The molecule has 7 nitrogen and oxygen atoms in total. The number of carbonyl (C=O) groups excluding carboxylic acids is 1. The highest BCUT2D eigenvalue weighted by atomic mass is 32.2. The van der Waals surface area contributed by atoms with Gasteiger partial charge in [0.05, 0.1) is 34.0 Å². The molecule has 1 atom stereocenters. The van der Waals surface area contributed by atoms with Gasteiger partial charge >= 0.3 is 0 Å². The number of hydrogen-bond acceptors (Lipinski definition) is 7. The van der Waals surface area contributed by atoms with Crippen molar-refractivity contribution in [3.63, 3.8) is 0 Å². The maximum absolute atomic E-state index is 12.6. The van der Waals surface area contributed by atoms with Gasteiger partial charge in [-0.1, -0.05) is 35.5 Å². The average molecular weight is 477 g/mol. The number of anilines is 1. The van der Waals surface area contributed by atoms with Crippen LogP contribution in [0.1, 0.15) is 22.1 Å². The van der Waals surface area contributed by atoms with E-state index in [-0.39, 0.29) is 17.8 Å². The van der Waals surface area contributed by atoms with E-state index in [1.54, 1.807) is 23.6 Å². The SMILES string of the molecule is C#CCOc1ccc(C2SCC(=O)Nc3c2c(C)nn3-c2nc3ccccc3s2)cc1OC. The number of benzene rings is 2. The average Bonchev–Trinajstić information content (AvgIpc) is 3.34. The zero-order chi connectivity index (χ0) is 22.9. The predicted molar refractivity (Wildman–Crippen MR) is 132 cm³/mol. The van der Waals surface area contributed by atoms with Gasteiger partial charge in [0.15, 0.2) is 11.5 Å². The third-order valence-corrected chi connectivity index (χ3v) is 7.56. The summed E-state index contributed by atoms with van der Waals surface area (Å²) in [6.45, 7) is 2.11. The molecule has 0 spiro atoms. The lowest BCUT2D eigenvalue weighted by Gasteiger charge is -2.17. The molecule has 1 aliphatic heterocycles. The van der Waals surface area contributed by atoms with Gasteiger partial charge in [0, 0.05) is 5.56 Å². The number of fused-ring (bicyclic) bond motifs is 2. The first-order valence-electron chi connectivity index (χ1n) is 10.2. The van der Waals surface area contributed by atoms with Crippen molar-refractivity contribution in [1.29, 1.82) is 0 Å². The Bertz CT molecular complexity index is 1370. The minimum atomic E-state index is -0.127. The summed E-state index contributed by atoms with van der Waals surface area (Å²) in [4.78, 5) is 17.4. The van der Waals surface area contributed by atoms with Crippen molar-refractivity contribution in [2.24, 2.45) is 0 Å². The van der Waals surface area contributed by atoms with Crippen LogP contribution in [-0.4, -0.2) is 40.1 Å². The Labute approximate surface area is 199 Å². The Morgan fingerprint density at radius 2 is 2.12 bits per heavy atom. The molecule has 2 aromatic heterocycles. The van der Waals surface area contributed by atoms with Crippen LogP contribution < -0.4 is 14.8 Å². The molecule has 3 heterocycles. The van der Waals surface area contributed by atoms with Crippen molar-refractivity contribution in [2.45, 2.75) is 12.2 Å². The minimum absolute atomic E-state index is 0.0769. The molecule has 0 radical (unpaired) electrons. The number of terminal acetylenes is 1. The number of hydrogen-bond donors (Lipinski definition) is 1. The van der Waals surface area contributed by atoms with Crippen LogP contribution in [0, 0.1) is 19.3 Å². The van der Waals surface area contributed by atoms with Crippen LogP contribution in [0.25, 0.3) is 15.3 Å². The number of methoxy groups -OCH3 is 1. The van der Waals surface area contributed by atoms with Gasteiger partial charge in [-0.2, -0.15) is 9.78 Å². The van der Waals surface area contributed by atoms with E-state index in [4.69, 9.17) is 26.0 Å². The van der Waals surface area contributed by atoms with Crippen LogP contribution in [0.4, 0.5) is 5.82 Å². The molecule has 0 aliphatic carbocycles. The summed E-state index contributed by atoms with van der Waals surface area (Å²) in [5.41, 5.74) is 3.66. The maximum atomic E-state index is 12.6. The quantitative estimate of drug-likeness (QED) is 0.425. The number of thioether (sulfide) groups is 1. The summed E-state index contributed by atoms with van der Waals surface area (Å²) in [7, 11) is 1.59. The standard InChI is InChI=1S/C24H20N4O3S2/c1-4-11-31-17-10-9-15(12-18(17)30-3)22-21-14(2)27-28(23(21)26-20(29)13-32-22)24-25-16-7-5-6-8-19(16)33-24/h1,5-10,12,22H,11,13H2,2-3H3,(H,26,29). The highest BCUT2D eigenvalue weighted by Crippen LogP contribution is 2.46. The summed E-state index contributed by atoms with van der Waals surface area (Å²) in [6.07, 6.45) is 5.32. The number of amides is 1. The second-order valence-corrected chi connectivity index (χ2v) is 9.47. The maximum Gasteiger partial charge on any atom is 0.235 e. The van der Waals surface area contributed by atoms with E-state index in [9.17, 15) is 4.79 Å². The van der Waals surface area contributed by atoms with Gasteiger partial charge in [0.1, 0.15) is 12.4 Å². The highest BCUT2D eigenvalue weighted by Gasteiger charge is 2.31. The van der Waals surface area contributed by atoms with Gasteiger partial charge in [-0.15, -0.1) is 18.2 Å². The topological polar surface area (TPSA) is 78.3 Å². The molecule has 1 unspecified atom stereocenters. The summed E-state index contributed by atoms with van der Waals surface area (Å²) < 4.78 is 13.9. The van der Waals surface area contributed by atoms with E-state index < -0.39 is 0 Å². The monoisotopic (exact) mass is 476 g/mol. The third kappa shape index (κ3) is 3.92. The molecule has 0 fully saturated rings. The van der Waals surface area contributed by atoms with Crippen molar-refractivity contribution in [2.75, 3.05) is 24.8 Å². The second kappa shape index (κ2) is 8.81. The van der Waals surface area contributed by atoms with Crippen molar-refractivity contribution in [3.8, 4) is 29.0 Å². The Balaban J connectivity index is 1.61. The normalized spacial score (nSPS) is 15.4. The van der Waals surface area contributed by atoms with Gasteiger partial charge in [-0.25, -0.2) is 4.98 Å². The number of nitrogens with zero attached hydrogens (tertiary/aromatic N) is 3. The van der Waals surface area contributed by atoms with E-state index in [2.05, 4.69) is 11.2 Å². The van der Waals surface area contributed by atoms with Crippen LogP contribution in [0.5, 0.6) is 11.5 Å². The van der Waals surface area contributed by atoms with Crippen molar-refractivity contribution in [1.82, 2.24) is 14.8 Å². The van der Waals surface area contributed by atoms with E-state index >= 15 is 0 Å². The molecule has 5 rings (SSSR count). The summed E-state index contributed by atoms with van der Waals surface area (Å²) in [5.74, 6) is 4.52. The van der Waals surface area contributed by atoms with Crippen LogP contribution >= 0.6 is 23.1 Å². The van der Waals surface area contributed by atoms with Crippen LogP contribution in [0.2, 0.25) is 0 Å². The summed E-state index contributed by atoms with van der Waals surface area (Å²) >= 11 is 3.08. The first-order valence-corrected chi connectivity index (χ1v) is 12.1. The van der Waals surface area contributed by atoms with E-state index in [1.165, 1.54) is 11.3 Å². The Kier molecular flexibility index (Phi) is 5.70. The van der Waals surface area contributed by atoms with Gasteiger partial charge in [0.25, 0.3) is 0 Å². The lowest BCUT2D eigenvalue weighted by atomic mass is 10.0. The van der Waals surface area contributed by atoms with E-state index in [0.717, 1.165) is 27.0 Å². The number of thiazole rings is 1. The molecule has 1 aliphatic rings. The van der Waals surface area contributed by atoms with Gasteiger partial charge in [0.2, 0.25) is 11.0 Å². The van der Waals surface area contributed by atoms with Crippen molar-refractivity contribution < 1.29 is 14.3 Å². The molecule has 166 valence electrons. The van der Waals surface area contributed by atoms with E-state index in [0.29, 0.717) is 28.2 Å². The molecular formula is C24H20N4O3S2. The fraction of sp³-hybridized carbons (Fsp3) is 0.208. The number of rotatable bonds is 5. The summed E-state index contributed by atoms with van der Waals surface area (Å²) in [5, 5.41) is 8.40. The third-order valence-electron chi connectivity index (χ3n) is 5.27.